The Bertz CT molecular complexity index is 525. The maximum atomic E-state index is 6.13. The summed E-state index contributed by atoms with van der Waals surface area (Å²) < 4.78 is 6.72. The van der Waals surface area contributed by atoms with Crippen LogP contribution in [-0.2, 0) is 6.61 Å². The molecule has 0 unspecified atom stereocenters. The van der Waals surface area contributed by atoms with Crippen molar-refractivity contribution in [3.8, 4) is 5.75 Å². The third kappa shape index (κ3) is 3.24. The van der Waals surface area contributed by atoms with E-state index in [2.05, 4.69) is 15.9 Å². The molecule has 88 valence electrons. The van der Waals surface area contributed by atoms with Gasteiger partial charge in [0.25, 0.3) is 0 Å². The zero-order valence-electron chi connectivity index (χ0n) is 9.41. The second-order valence-corrected chi connectivity index (χ2v) is 5.11. The molecular weight excluding hydrogens is 300 g/mol. The van der Waals surface area contributed by atoms with Crippen molar-refractivity contribution in [3.63, 3.8) is 0 Å². The molecule has 0 heterocycles. The van der Waals surface area contributed by atoms with E-state index in [-0.39, 0.29) is 0 Å². The van der Waals surface area contributed by atoms with E-state index in [1.165, 1.54) is 0 Å². The highest BCUT2D eigenvalue weighted by atomic mass is 79.9. The Morgan fingerprint density at radius 3 is 2.65 bits per heavy atom. The van der Waals surface area contributed by atoms with Gasteiger partial charge in [0.1, 0.15) is 12.4 Å². The maximum absolute atomic E-state index is 6.13. The topological polar surface area (TPSA) is 9.23 Å². The normalized spacial score (nSPS) is 10.3. The minimum atomic E-state index is 0.483. The summed E-state index contributed by atoms with van der Waals surface area (Å²) in [7, 11) is 0. The number of aryl methyl sites for hydroxylation is 1. The average molecular weight is 312 g/mol. The highest BCUT2D eigenvalue weighted by Crippen LogP contribution is 2.24. The van der Waals surface area contributed by atoms with Crippen molar-refractivity contribution in [2.75, 3.05) is 0 Å². The molecule has 0 amide bonds. The lowest BCUT2D eigenvalue weighted by Crippen LogP contribution is -1.97. The predicted molar refractivity (Wildman–Crippen MR) is 74.7 cm³/mol. The van der Waals surface area contributed by atoms with E-state index >= 15 is 0 Å². The fourth-order valence-corrected chi connectivity index (χ4v) is 2.24. The fourth-order valence-electron chi connectivity index (χ4n) is 1.51. The molecule has 0 radical (unpaired) electrons. The molecule has 0 atom stereocenters. The molecule has 0 aliphatic carbocycles. The van der Waals surface area contributed by atoms with Crippen LogP contribution in [0.4, 0.5) is 0 Å². The van der Waals surface area contributed by atoms with Crippen molar-refractivity contribution >= 4 is 27.5 Å². The van der Waals surface area contributed by atoms with Crippen LogP contribution in [0.2, 0.25) is 5.02 Å². The predicted octanol–water partition coefficient (Wildman–Crippen LogP) is 4.99. The average Bonchev–Trinajstić information content (AvgIpc) is 2.30. The van der Waals surface area contributed by atoms with Gasteiger partial charge in [0.05, 0.1) is 0 Å². The summed E-state index contributed by atoms with van der Waals surface area (Å²) in [5.41, 5.74) is 2.11. The standard InChI is InChI=1S/C14H12BrClO/c1-10-4-2-3-5-14(10)17-9-11-6-7-12(15)8-13(11)16/h2-8H,9H2,1H3. The molecule has 3 heteroatoms. The lowest BCUT2D eigenvalue weighted by Gasteiger charge is -2.10. The highest BCUT2D eigenvalue weighted by molar-refractivity contribution is 9.10. The molecule has 17 heavy (non-hydrogen) atoms. The Hall–Kier alpha value is -0.990. The van der Waals surface area contributed by atoms with E-state index < -0.39 is 0 Å². The van der Waals surface area contributed by atoms with Crippen molar-refractivity contribution < 1.29 is 4.74 Å². The largest absolute Gasteiger partial charge is 0.489 e. The number of benzene rings is 2. The molecule has 2 rings (SSSR count). The minimum absolute atomic E-state index is 0.483. The first kappa shape index (κ1) is 12.5. The van der Waals surface area contributed by atoms with Crippen LogP contribution in [0, 0.1) is 6.92 Å². The number of para-hydroxylation sites is 1. The first-order valence-electron chi connectivity index (χ1n) is 5.29. The van der Waals surface area contributed by atoms with Gasteiger partial charge in [-0.15, -0.1) is 0 Å². The second kappa shape index (κ2) is 5.56. The van der Waals surface area contributed by atoms with Crippen LogP contribution in [0.1, 0.15) is 11.1 Å². The summed E-state index contributed by atoms with van der Waals surface area (Å²) in [6.07, 6.45) is 0. The summed E-state index contributed by atoms with van der Waals surface area (Å²) >= 11 is 9.50. The van der Waals surface area contributed by atoms with Crippen LogP contribution < -0.4 is 4.74 Å². The SMILES string of the molecule is Cc1ccccc1OCc1ccc(Br)cc1Cl. The van der Waals surface area contributed by atoms with Gasteiger partial charge in [-0.25, -0.2) is 0 Å². The number of hydrogen-bond donors (Lipinski definition) is 0. The third-order valence-corrected chi connectivity index (χ3v) is 3.34. The van der Waals surface area contributed by atoms with Crippen molar-refractivity contribution in [1.82, 2.24) is 0 Å². The van der Waals surface area contributed by atoms with Crippen LogP contribution in [0.25, 0.3) is 0 Å². The van der Waals surface area contributed by atoms with Gasteiger partial charge in [-0.05, 0) is 30.7 Å². The lowest BCUT2D eigenvalue weighted by molar-refractivity contribution is 0.304. The highest BCUT2D eigenvalue weighted by Gasteiger charge is 2.03. The van der Waals surface area contributed by atoms with Gasteiger partial charge >= 0.3 is 0 Å². The first-order valence-corrected chi connectivity index (χ1v) is 6.46. The molecule has 2 aromatic carbocycles. The third-order valence-electron chi connectivity index (χ3n) is 2.49. The molecule has 0 saturated heterocycles. The molecule has 0 aliphatic heterocycles. The summed E-state index contributed by atoms with van der Waals surface area (Å²) in [4.78, 5) is 0. The van der Waals surface area contributed by atoms with Gasteiger partial charge in [0.2, 0.25) is 0 Å². The molecule has 2 aromatic rings. The van der Waals surface area contributed by atoms with Gasteiger partial charge in [0, 0.05) is 15.1 Å². The molecule has 1 nitrogen and oxygen atoms in total. The van der Waals surface area contributed by atoms with E-state index in [1.807, 2.05) is 49.4 Å². The summed E-state index contributed by atoms with van der Waals surface area (Å²) in [6, 6.07) is 13.7. The molecule has 0 saturated carbocycles. The zero-order valence-corrected chi connectivity index (χ0v) is 11.8. The van der Waals surface area contributed by atoms with Crippen molar-refractivity contribution in [1.29, 1.82) is 0 Å². The molecule has 0 N–H and O–H groups in total. The Morgan fingerprint density at radius 1 is 1.18 bits per heavy atom. The Kier molecular flexibility index (Phi) is 4.08. The molecule has 0 spiro atoms. The van der Waals surface area contributed by atoms with E-state index in [0.29, 0.717) is 11.6 Å². The summed E-state index contributed by atoms with van der Waals surface area (Å²) in [6.45, 7) is 2.51. The minimum Gasteiger partial charge on any atom is -0.489 e. The van der Waals surface area contributed by atoms with Crippen molar-refractivity contribution in [2.24, 2.45) is 0 Å². The molecule has 0 fully saturated rings. The monoisotopic (exact) mass is 310 g/mol. The molecule has 0 aliphatic rings. The summed E-state index contributed by atoms with van der Waals surface area (Å²) in [5.74, 6) is 0.895. The van der Waals surface area contributed by atoms with Crippen molar-refractivity contribution in [3.05, 3.63) is 63.1 Å². The fraction of sp³-hybridized carbons (Fsp3) is 0.143. The van der Waals surface area contributed by atoms with Gasteiger partial charge < -0.3 is 4.74 Å². The molecule has 0 aromatic heterocycles. The number of rotatable bonds is 3. The maximum Gasteiger partial charge on any atom is 0.122 e. The van der Waals surface area contributed by atoms with Gasteiger partial charge in [-0.1, -0.05) is 51.8 Å². The van der Waals surface area contributed by atoms with Gasteiger partial charge in [-0.3, -0.25) is 0 Å². The van der Waals surface area contributed by atoms with Gasteiger partial charge in [0.15, 0.2) is 0 Å². The Labute approximate surface area is 115 Å². The van der Waals surface area contributed by atoms with Crippen LogP contribution >= 0.6 is 27.5 Å². The first-order chi connectivity index (χ1) is 8.16. The smallest absolute Gasteiger partial charge is 0.122 e. The second-order valence-electron chi connectivity index (χ2n) is 3.79. The number of halogens is 2. The quantitative estimate of drug-likeness (QED) is 0.776. The summed E-state index contributed by atoms with van der Waals surface area (Å²) in [5, 5.41) is 0.716. The van der Waals surface area contributed by atoms with E-state index in [4.69, 9.17) is 16.3 Å². The molecule has 0 bridgehead atoms. The van der Waals surface area contributed by atoms with Gasteiger partial charge in [-0.2, -0.15) is 0 Å². The van der Waals surface area contributed by atoms with Crippen LogP contribution in [0.15, 0.2) is 46.9 Å². The van der Waals surface area contributed by atoms with E-state index in [0.717, 1.165) is 21.3 Å². The molecular formula is C14H12BrClO. The van der Waals surface area contributed by atoms with E-state index in [1.54, 1.807) is 0 Å². The number of ether oxygens (including phenoxy) is 1. The zero-order chi connectivity index (χ0) is 12.3. The van der Waals surface area contributed by atoms with Crippen LogP contribution in [-0.4, -0.2) is 0 Å². The lowest BCUT2D eigenvalue weighted by atomic mass is 10.2. The van der Waals surface area contributed by atoms with Crippen LogP contribution in [0.3, 0.4) is 0 Å². The van der Waals surface area contributed by atoms with Crippen molar-refractivity contribution in [2.45, 2.75) is 13.5 Å². The Balaban J connectivity index is 2.10. The number of hydrogen-bond acceptors (Lipinski definition) is 1. The Morgan fingerprint density at radius 2 is 1.94 bits per heavy atom. The van der Waals surface area contributed by atoms with Crippen LogP contribution in [0.5, 0.6) is 5.75 Å². The van der Waals surface area contributed by atoms with E-state index in [9.17, 15) is 0 Å².